The molecule has 0 aliphatic carbocycles. The number of imide groups is 1. The van der Waals surface area contributed by atoms with Crippen molar-refractivity contribution in [1.29, 1.82) is 0 Å². The first-order valence-electron chi connectivity index (χ1n) is 8.18. The zero-order chi connectivity index (χ0) is 21.0. The lowest BCUT2D eigenvalue weighted by atomic mass is 10.2. The minimum atomic E-state index is -3.77. The van der Waals surface area contributed by atoms with Gasteiger partial charge in [-0.05, 0) is 30.3 Å². The molecule has 0 saturated carbocycles. The summed E-state index contributed by atoms with van der Waals surface area (Å²) in [5, 5.41) is 13.8. The third-order valence-corrected chi connectivity index (χ3v) is 6.36. The van der Waals surface area contributed by atoms with Crippen LogP contribution in [0.1, 0.15) is 10.4 Å². The summed E-state index contributed by atoms with van der Waals surface area (Å²) >= 11 is 6.97. The second-order valence-electron chi connectivity index (χ2n) is 5.66. The largest absolute Gasteiger partial charge is 0.395 e. The van der Waals surface area contributed by atoms with Gasteiger partial charge >= 0.3 is 6.03 Å². The van der Waals surface area contributed by atoms with Gasteiger partial charge in [0.25, 0.3) is 5.91 Å². The molecule has 0 bridgehead atoms. The Hall–Kier alpha value is -2.57. The molecule has 9 nitrogen and oxygen atoms in total. The van der Waals surface area contributed by atoms with Crippen LogP contribution in [0.2, 0.25) is 5.02 Å². The van der Waals surface area contributed by atoms with Crippen molar-refractivity contribution in [3.8, 4) is 0 Å². The number of amides is 3. The number of fused-ring (bicyclic) bond motifs is 1. The number of rotatable bonds is 6. The summed E-state index contributed by atoms with van der Waals surface area (Å²) in [4.78, 5) is 28.4. The van der Waals surface area contributed by atoms with Gasteiger partial charge < -0.3 is 5.11 Å². The predicted octanol–water partition coefficient (Wildman–Crippen LogP) is 2.18. The van der Waals surface area contributed by atoms with E-state index in [1.165, 1.54) is 30.3 Å². The first-order chi connectivity index (χ1) is 13.8. The molecule has 0 fully saturated rings. The number of halogens is 1. The summed E-state index contributed by atoms with van der Waals surface area (Å²) < 4.78 is 27.0. The van der Waals surface area contributed by atoms with E-state index >= 15 is 0 Å². The maximum atomic E-state index is 12.1. The quantitative estimate of drug-likeness (QED) is 0.450. The van der Waals surface area contributed by atoms with Gasteiger partial charge in [-0.15, -0.1) is 0 Å². The van der Waals surface area contributed by atoms with Gasteiger partial charge in [-0.1, -0.05) is 35.1 Å². The number of aliphatic hydroxyl groups excluding tert-OH is 1. The van der Waals surface area contributed by atoms with E-state index in [-0.39, 0.29) is 33.8 Å². The monoisotopic (exact) mass is 454 g/mol. The molecule has 3 rings (SSSR count). The lowest BCUT2D eigenvalue weighted by molar-refractivity contribution is 0.0967. The van der Waals surface area contributed by atoms with Crippen LogP contribution in [-0.4, -0.2) is 43.6 Å². The number of urea groups is 1. The van der Waals surface area contributed by atoms with Crippen molar-refractivity contribution in [3.05, 3.63) is 53.1 Å². The number of aromatic nitrogens is 1. The minimum Gasteiger partial charge on any atom is -0.395 e. The Kier molecular flexibility index (Phi) is 6.45. The second-order valence-corrected chi connectivity index (χ2v) is 8.86. The van der Waals surface area contributed by atoms with Crippen molar-refractivity contribution >= 4 is 60.2 Å². The van der Waals surface area contributed by atoms with Crippen molar-refractivity contribution < 1.29 is 23.1 Å². The van der Waals surface area contributed by atoms with Crippen molar-refractivity contribution in [3.63, 3.8) is 0 Å². The van der Waals surface area contributed by atoms with Crippen LogP contribution in [0.5, 0.6) is 0 Å². The highest BCUT2D eigenvalue weighted by Gasteiger charge is 2.17. The molecular weight excluding hydrogens is 440 g/mol. The molecular formula is C17H15ClN4O5S2. The van der Waals surface area contributed by atoms with Gasteiger partial charge in [-0.3, -0.25) is 15.4 Å². The number of carbonyl (C=O) groups excluding carboxylic acids is 2. The highest BCUT2D eigenvalue weighted by Crippen LogP contribution is 2.28. The summed E-state index contributed by atoms with van der Waals surface area (Å²) in [5.74, 6) is -0.669. The van der Waals surface area contributed by atoms with Gasteiger partial charge in [-0.25, -0.2) is 22.9 Å². The SMILES string of the molecule is O=C(NC(=O)c1ccccc1Cl)Nc1nc2ccc(S(=O)(=O)NCCO)cc2s1. The number of aliphatic hydroxyl groups is 1. The Morgan fingerprint density at radius 3 is 2.66 bits per heavy atom. The van der Waals surface area contributed by atoms with Gasteiger partial charge in [0, 0.05) is 6.54 Å². The van der Waals surface area contributed by atoms with Crippen LogP contribution in [-0.2, 0) is 10.0 Å². The molecule has 4 N–H and O–H groups in total. The fourth-order valence-electron chi connectivity index (χ4n) is 2.33. The molecule has 0 aliphatic rings. The Morgan fingerprint density at radius 2 is 1.93 bits per heavy atom. The van der Waals surface area contributed by atoms with Crippen LogP contribution < -0.4 is 15.4 Å². The fourth-order valence-corrected chi connectivity index (χ4v) is 4.58. The average molecular weight is 455 g/mol. The molecule has 2 aromatic carbocycles. The van der Waals surface area contributed by atoms with Crippen molar-refractivity contribution in [2.45, 2.75) is 4.90 Å². The maximum Gasteiger partial charge on any atom is 0.327 e. The molecule has 3 aromatic rings. The molecule has 0 spiro atoms. The first-order valence-corrected chi connectivity index (χ1v) is 10.9. The molecule has 0 unspecified atom stereocenters. The highest BCUT2D eigenvalue weighted by molar-refractivity contribution is 7.89. The standard InChI is InChI=1S/C17H15ClN4O5S2/c18-12-4-2-1-3-11(12)15(24)21-16(25)22-17-20-13-6-5-10(9-14(13)28-17)29(26,27)19-7-8-23/h1-6,9,19,23H,7-8H2,(H2,20,21,22,24,25). The van der Waals surface area contributed by atoms with E-state index in [1.54, 1.807) is 12.1 Å². The molecule has 152 valence electrons. The number of thiazole rings is 1. The van der Waals surface area contributed by atoms with Gasteiger partial charge in [0.1, 0.15) is 0 Å². The molecule has 0 atom stereocenters. The first kappa shape index (κ1) is 21.1. The minimum absolute atomic E-state index is 0.00648. The number of benzene rings is 2. The van der Waals surface area contributed by atoms with E-state index in [2.05, 4.69) is 20.3 Å². The van der Waals surface area contributed by atoms with Crippen molar-refractivity contribution in [2.24, 2.45) is 0 Å². The van der Waals surface area contributed by atoms with Crippen molar-refractivity contribution in [2.75, 3.05) is 18.5 Å². The summed E-state index contributed by atoms with van der Waals surface area (Å²) in [6.07, 6.45) is 0. The van der Waals surface area contributed by atoms with E-state index in [4.69, 9.17) is 16.7 Å². The molecule has 12 heteroatoms. The molecule has 3 amide bonds. The lowest BCUT2D eigenvalue weighted by Crippen LogP contribution is -2.34. The van der Waals surface area contributed by atoms with Crippen molar-refractivity contribution in [1.82, 2.24) is 15.0 Å². The Balaban J connectivity index is 1.73. The Bertz CT molecular complexity index is 1180. The van der Waals surface area contributed by atoms with E-state index in [0.717, 1.165) is 11.3 Å². The zero-order valence-corrected chi connectivity index (χ0v) is 17.1. The normalized spacial score (nSPS) is 11.4. The van der Waals surface area contributed by atoms with E-state index in [0.29, 0.717) is 10.2 Å². The molecule has 0 aliphatic heterocycles. The Labute approximate surface area is 174 Å². The molecule has 1 heterocycles. The summed E-state index contributed by atoms with van der Waals surface area (Å²) in [7, 11) is -3.77. The summed E-state index contributed by atoms with van der Waals surface area (Å²) in [5.41, 5.74) is 0.627. The van der Waals surface area contributed by atoms with E-state index in [9.17, 15) is 18.0 Å². The number of carbonyl (C=O) groups is 2. The fraction of sp³-hybridized carbons (Fsp3) is 0.118. The summed E-state index contributed by atoms with van der Waals surface area (Å²) in [6, 6.07) is 9.76. The zero-order valence-electron chi connectivity index (χ0n) is 14.7. The Morgan fingerprint density at radius 1 is 1.17 bits per heavy atom. The molecule has 0 saturated heterocycles. The van der Waals surface area contributed by atoms with Crippen LogP contribution in [0.15, 0.2) is 47.4 Å². The van der Waals surface area contributed by atoms with Crippen LogP contribution in [0.25, 0.3) is 10.2 Å². The maximum absolute atomic E-state index is 12.1. The van der Waals surface area contributed by atoms with Crippen LogP contribution in [0.4, 0.5) is 9.93 Å². The van der Waals surface area contributed by atoms with Gasteiger partial charge in [0.05, 0.1) is 32.3 Å². The number of nitrogens with one attached hydrogen (secondary N) is 3. The van der Waals surface area contributed by atoms with E-state index in [1.807, 2.05) is 0 Å². The van der Waals surface area contributed by atoms with Gasteiger partial charge in [0.15, 0.2) is 5.13 Å². The van der Waals surface area contributed by atoms with Crippen LogP contribution in [0.3, 0.4) is 0 Å². The smallest absolute Gasteiger partial charge is 0.327 e. The number of hydrogen-bond donors (Lipinski definition) is 4. The van der Waals surface area contributed by atoms with Crippen LogP contribution in [0, 0.1) is 0 Å². The van der Waals surface area contributed by atoms with Gasteiger partial charge in [-0.2, -0.15) is 0 Å². The summed E-state index contributed by atoms with van der Waals surface area (Å²) in [6.45, 7) is -0.423. The topological polar surface area (TPSA) is 137 Å². The number of hydrogen-bond acceptors (Lipinski definition) is 7. The van der Waals surface area contributed by atoms with Gasteiger partial charge in [0.2, 0.25) is 10.0 Å². The third kappa shape index (κ3) is 5.08. The third-order valence-electron chi connectivity index (χ3n) is 3.64. The van der Waals surface area contributed by atoms with E-state index < -0.39 is 22.0 Å². The number of anilines is 1. The average Bonchev–Trinajstić information content (AvgIpc) is 3.07. The number of sulfonamides is 1. The second kappa shape index (κ2) is 8.84. The van der Waals surface area contributed by atoms with Crippen LogP contribution >= 0.6 is 22.9 Å². The predicted molar refractivity (Wildman–Crippen MR) is 110 cm³/mol. The molecule has 29 heavy (non-hydrogen) atoms. The molecule has 1 aromatic heterocycles. The molecule has 0 radical (unpaired) electrons. The number of nitrogens with zero attached hydrogens (tertiary/aromatic N) is 1. The lowest BCUT2D eigenvalue weighted by Gasteiger charge is -2.05. The highest BCUT2D eigenvalue weighted by atomic mass is 35.5.